The maximum atomic E-state index is 5.78. The van der Waals surface area contributed by atoms with Crippen LogP contribution in [0.15, 0.2) is 42.5 Å². The van der Waals surface area contributed by atoms with E-state index in [0.717, 1.165) is 74.2 Å². The Morgan fingerprint density at radius 1 is 1.00 bits per heavy atom. The summed E-state index contributed by atoms with van der Waals surface area (Å²) in [6.07, 6.45) is 4.75. The first-order valence-corrected chi connectivity index (χ1v) is 12.6. The Kier molecular flexibility index (Phi) is 6.26. The maximum absolute atomic E-state index is 5.78. The summed E-state index contributed by atoms with van der Waals surface area (Å²) < 4.78 is 18.9. The van der Waals surface area contributed by atoms with E-state index < -0.39 is 0 Å². The molecule has 1 saturated heterocycles. The summed E-state index contributed by atoms with van der Waals surface area (Å²) in [5.41, 5.74) is 2.36. The molecular weight excluding hydrogens is 444 g/mol. The van der Waals surface area contributed by atoms with E-state index in [1.54, 1.807) is 7.11 Å². The second-order valence-electron chi connectivity index (χ2n) is 9.56. The first kappa shape index (κ1) is 22.3. The number of piperazine rings is 1. The number of tetrazole rings is 1. The van der Waals surface area contributed by atoms with Crippen LogP contribution in [0.5, 0.6) is 17.2 Å². The van der Waals surface area contributed by atoms with Gasteiger partial charge in [0.05, 0.1) is 13.2 Å². The monoisotopic (exact) mass is 476 g/mol. The van der Waals surface area contributed by atoms with Crippen molar-refractivity contribution in [2.24, 2.45) is 0 Å². The van der Waals surface area contributed by atoms with Gasteiger partial charge in [-0.3, -0.25) is 9.80 Å². The number of rotatable bonds is 7. The summed E-state index contributed by atoms with van der Waals surface area (Å²) >= 11 is 0. The molecule has 2 fully saturated rings. The highest BCUT2D eigenvalue weighted by atomic mass is 16.7. The summed E-state index contributed by atoms with van der Waals surface area (Å²) in [5, 5.41) is 13.1. The van der Waals surface area contributed by atoms with Crippen LogP contribution in [0.3, 0.4) is 0 Å². The summed E-state index contributed by atoms with van der Waals surface area (Å²) in [4.78, 5) is 5.00. The minimum Gasteiger partial charge on any atom is -0.496 e. The molecule has 1 aromatic heterocycles. The second kappa shape index (κ2) is 9.83. The van der Waals surface area contributed by atoms with Gasteiger partial charge in [0.15, 0.2) is 17.3 Å². The van der Waals surface area contributed by atoms with Gasteiger partial charge in [-0.15, -0.1) is 5.10 Å². The fourth-order valence-electron chi connectivity index (χ4n) is 5.66. The molecule has 3 heterocycles. The first-order valence-electron chi connectivity index (χ1n) is 12.6. The van der Waals surface area contributed by atoms with E-state index in [1.807, 2.05) is 18.2 Å². The standard InChI is InChI=1S/C26H32N6O3/c1-33-22-9-5-4-8-21(22)25(26-27-28-29-32(26)20-6-2-3-7-20)31-14-12-30(13-15-31)17-19-10-11-23-24(16-19)35-18-34-23/h4-5,8-11,16,20,25H,2-3,6-7,12-15,17-18H2,1H3/t25-/m1/s1. The maximum Gasteiger partial charge on any atom is 0.231 e. The fraction of sp³-hybridized carbons (Fsp3) is 0.500. The lowest BCUT2D eigenvalue weighted by Crippen LogP contribution is -2.48. The summed E-state index contributed by atoms with van der Waals surface area (Å²) in [5.74, 6) is 3.47. The van der Waals surface area contributed by atoms with Crippen molar-refractivity contribution in [2.45, 2.75) is 44.3 Å². The number of hydrogen-bond donors (Lipinski definition) is 0. The highest BCUT2D eigenvalue weighted by Gasteiger charge is 2.34. The number of ether oxygens (including phenoxy) is 3. The molecule has 9 nitrogen and oxygen atoms in total. The number of methoxy groups -OCH3 is 1. The van der Waals surface area contributed by atoms with E-state index in [4.69, 9.17) is 14.2 Å². The molecule has 6 rings (SSSR count). The molecule has 0 bridgehead atoms. The minimum atomic E-state index is -0.0468. The van der Waals surface area contributed by atoms with Gasteiger partial charge in [-0.25, -0.2) is 4.68 Å². The average molecular weight is 477 g/mol. The zero-order valence-electron chi connectivity index (χ0n) is 20.2. The Morgan fingerprint density at radius 2 is 1.80 bits per heavy atom. The molecule has 9 heteroatoms. The molecular formula is C26H32N6O3. The van der Waals surface area contributed by atoms with Crippen molar-refractivity contribution in [3.8, 4) is 17.2 Å². The van der Waals surface area contributed by atoms with Crippen LogP contribution in [0.25, 0.3) is 0 Å². The zero-order valence-corrected chi connectivity index (χ0v) is 20.2. The highest BCUT2D eigenvalue weighted by Crippen LogP contribution is 2.38. The molecule has 0 unspecified atom stereocenters. The van der Waals surface area contributed by atoms with Crippen molar-refractivity contribution in [1.82, 2.24) is 30.0 Å². The van der Waals surface area contributed by atoms with Crippen LogP contribution < -0.4 is 14.2 Å². The highest BCUT2D eigenvalue weighted by molar-refractivity contribution is 5.44. The van der Waals surface area contributed by atoms with E-state index in [1.165, 1.54) is 18.4 Å². The predicted octanol–water partition coefficient (Wildman–Crippen LogP) is 3.43. The van der Waals surface area contributed by atoms with Crippen LogP contribution in [0.1, 0.15) is 54.7 Å². The normalized spacial score (nSPS) is 19.8. The molecule has 184 valence electrons. The Hall–Kier alpha value is -3.17. The molecule has 0 radical (unpaired) electrons. The van der Waals surface area contributed by atoms with Crippen LogP contribution in [0.2, 0.25) is 0 Å². The number of aromatic nitrogens is 4. The van der Waals surface area contributed by atoms with Crippen molar-refractivity contribution in [2.75, 3.05) is 40.1 Å². The van der Waals surface area contributed by atoms with Gasteiger partial charge in [-0.2, -0.15) is 0 Å². The molecule has 3 aromatic rings. The van der Waals surface area contributed by atoms with E-state index in [-0.39, 0.29) is 6.04 Å². The van der Waals surface area contributed by atoms with Crippen LogP contribution in [-0.4, -0.2) is 70.1 Å². The largest absolute Gasteiger partial charge is 0.496 e. The van der Waals surface area contributed by atoms with E-state index >= 15 is 0 Å². The van der Waals surface area contributed by atoms with Crippen LogP contribution in [-0.2, 0) is 6.54 Å². The zero-order chi connectivity index (χ0) is 23.6. The molecule has 1 atom stereocenters. The topological polar surface area (TPSA) is 77.8 Å². The quantitative estimate of drug-likeness (QED) is 0.513. The fourth-order valence-corrected chi connectivity index (χ4v) is 5.66. The van der Waals surface area contributed by atoms with Gasteiger partial charge in [-0.1, -0.05) is 37.1 Å². The Bertz CT molecular complexity index is 1150. The van der Waals surface area contributed by atoms with Gasteiger partial charge in [0.25, 0.3) is 0 Å². The average Bonchev–Trinajstić information content (AvgIpc) is 3.67. The minimum absolute atomic E-state index is 0.0468. The van der Waals surface area contributed by atoms with Crippen molar-refractivity contribution in [1.29, 1.82) is 0 Å². The molecule has 3 aliphatic rings. The van der Waals surface area contributed by atoms with E-state index in [9.17, 15) is 0 Å². The lowest BCUT2D eigenvalue weighted by atomic mass is 10.0. The van der Waals surface area contributed by atoms with Gasteiger partial charge < -0.3 is 14.2 Å². The Balaban J connectivity index is 1.23. The number of para-hydroxylation sites is 1. The van der Waals surface area contributed by atoms with Gasteiger partial charge >= 0.3 is 0 Å². The Labute approximate surface area is 205 Å². The number of hydrogen-bond acceptors (Lipinski definition) is 8. The molecule has 35 heavy (non-hydrogen) atoms. The molecule has 0 N–H and O–H groups in total. The van der Waals surface area contributed by atoms with Crippen molar-refractivity contribution in [3.63, 3.8) is 0 Å². The predicted molar refractivity (Wildman–Crippen MR) is 130 cm³/mol. The van der Waals surface area contributed by atoms with Crippen LogP contribution >= 0.6 is 0 Å². The third kappa shape index (κ3) is 4.46. The molecule has 2 aromatic carbocycles. The summed E-state index contributed by atoms with van der Waals surface area (Å²) in [6.45, 7) is 4.97. The summed E-state index contributed by atoms with van der Waals surface area (Å²) in [7, 11) is 1.74. The third-order valence-electron chi connectivity index (χ3n) is 7.48. The lowest BCUT2D eigenvalue weighted by molar-refractivity contribution is 0.0983. The number of nitrogens with zero attached hydrogens (tertiary/aromatic N) is 6. The second-order valence-corrected chi connectivity index (χ2v) is 9.56. The van der Waals surface area contributed by atoms with E-state index in [2.05, 4.69) is 54.3 Å². The Morgan fingerprint density at radius 3 is 2.63 bits per heavy atom. The molecule has 1 aliphatic carbocycles. The first-order chi connectivity index (χ1) is 17.3. The molecule has 0 spiro atoms. The van der Waals surface area contributed by atoms with Crippen molar-refractivity contribution in [3.05, 3.63) is 59.4 Å². The van der Waals surface area contributed by atoms with Gasteiger partial charge in [0.2, 0.25) is 6.79 Å². The van der Waals surface area contributed by atoms with Gasteiger partial charge in [0, 0.05) is 38.3 Å². The van der Waals surface area contributed by atoms with Crippen molar-refractivity contribution >= 4 is 0 Å². The molecule has 0 amide bonds. The smallest absolute Gasteiger partial charge is 0.231 e. The van der Waals surface area contributed by atoms with Crippen LogP contribution in [0.4, 0.5) is 0 Å². The number of fused-ring (bicyclic) bond motifs is 1. The van der Waals surface area contributed by atoms with Crippen LogP contribution in [0, 0.1) is 0 Å². The van der Waals surface area contributed by atoms with Gasteiger partial charge in [-0.05, 0) is 47.0 Å². The summed E-state index contributed by atoms with van der Waals surface area (Å²) in [6, 6.07) is 14.8. The number of benzene rings is 2. The third-order valence-corrected chi connectivity index (χ3v) is 7.48. The lowest BCUT2D eigenvalue weighted by Gasteiger charge is -2.39. The molecule has 2 aliphatic heterocycles. The molecule has 1 saturated carbocycles. The van der Waals surface area contributed by atoms with Gasteiger partial charge in [0.1, 0.15) is 11.8 Å². The van der Waals surface area contributed by atoms with E-state index in [0.29, 0.717) is 12.8 Å². The van der Waals surface area contributed by atoms with Crippen molar-refractivity contribution < 1.29 is 14.2 Å². The SMILES string of the molecule is COc1ccccc1[C@H](c1nnnn1C1CCCC1)N1CCN(Cc2ccc3c(c2)OCO3)CC1.